The molecule has 1 saturated heterocycles. The average Bonchev–Trinajstić information content (AvgIpc) is 3.36. The SMILES string of the molecule is COc1cccc(F)c1-c1nccc(C(=O)Nc2cc(C(=O)O)c3nn(C)cc3c2N2CCCC(NC(=O)OC(C)(C)C)C2)n1. The number of nitrogens with zero attached hydrogens (tertiary/aromatic N) is 5. The van der Waals surface area contributed by atoms with Crippen LogP contribution in [-0.4, -0.2) is 74.7 Å². The second kappa shape index (κ2) is 12.4. The van der Waals surface area contributed by atoms with Crippen LogP contribution >= 0.6 is 0 Å². The van der Waals surface area contributed by atoms with Gasteiger partial charge in [0.1, 0.15) is 28.4 Å². The second-order valence-electron chi connectivity index (χ2n) is 11.7. The quantitative estimate of drug-likeness (QED) is 0.266. The van der Waals surface area contributed by atoms with Crippen molar-refractivity contribution >= 4 is 40.2 Å². The van der Waals surface area contributed by atoms with Gasteiger partial charge >= 0.3 is 12.1 Å². The van der Waals surface area contributed by atoms with Gasteiger partial charge in [0.2, 0.25) is 0 Å². The number of alkyl carbamates (subject to hydrolysis) is 1. The van der Waals surface area contributed by atoms with Crippen LogP contribution in [0.25, 0.3) is 22.3 Å². The van der Waals surface area contributed by atoms with Gasteiger partial charge in [-0.1, -0.05) is 6.07 Å². The van der Waals surface area contributed by atoms with Crippen molar-refractivity contribution in [3.63, 3.8) is 0 Å². The van der Waals surface area contributed by atoms with Gasteiger partial charge in [-0.3, -0.25) is 9.48 Å². The van der Waals surface area contributed by atoms with E-state index < -0.39 is 29.4 Å². The summed E-state index contributed by atoms with van der Waals surface area (Å²) in [4.78, 5) is 48.9. The molecule has 1 fully saturated rings. The lowest BCUT2D eigenvalue weighted by Crippen LogP contribution is -2.49. The number of rotatable bonds is 7. The Morgan fingerprint density at radius 3 is 2.67 bits per heavy atom. The summed E-state index contributed by atoms with van der Waals surface area (Å²) in [6, 6.07) is 6.73. The predicted octanol–water partition coefficient (Wildman–Crippen LogP) is 4.62. The van der Waals surface area contributed by atoms with Crippen LogP contribution in [0.1, 0.15) is 54.5 Å². The van der Waals surface area contributed by atoms with Crippen LogP contribution in [0.2, 0.25) is 0 Å². The molecule has 2 amide bonds. The normalized spacial score (nSPS) is 15.1. The van der Waals surface area contributed by atoms with E-state index in [1.165, 1.54) is 42.3 Å². The number of carboxylic acid groups (broad SMARTS) is 1. The number of aromatic carboxylic acids is 1. The Labute approximate surface area is 258 Å². The minimum Gasteiger partial charge on any atom is -0.496 e. The van der Waals surface area contributed by atoms with Crippen molar-refractivity contribution in [2.75, 3.05) is 30.4 Å². The number of halogens is 1. The fraction of sp³-hybridized carbons (Fsp3) is 0.355. The molecular formula is C31H34FN7O6. The number of carbonyl (C=O) groups is 3. The first kappa shape index (κ1) is 31.2. The molecular weight excluding hydrogens is 585 g/mol. The van der Waals surface area contributed by atoms with Crippen LogP contribution in [0.15, 0.2) is 42.7 Å². The van der Waals surface area contributed by atoms with Gasteiger partial charge in [-0.15, -0.1) is 0 Å². The highest BCUT2D eigenvalue weighted by Gasteiger charge is 2.30. The fourth-order valence-electron chi connectivity index (χ4n) is 5.34. The molecule has 0 bridgehead atoms. The molecule has 0 radical (unpaired) electrons. The highest BCUT2D eigenvalue weighted by molar-refractivity contribution is 6.14. The Bertz CT molecular complexity index is 1780. The lowest BCUT2D eigenvalue weighted by atomic mass is 10.0. The molecule has 4 aromatic rings. The van der Waals surface area contributed by atoms with E-state index in [0.29, 0.717) is 37.0 Å². The minimum absolute atomic E-state index is 0.00266. The van der Waals surface area contributed by atoms with E-state index in [9.17, 15) is 23.9 Å². The molecule has 45 heavy (non-hydrogen) atoms. The van der Waals surface area contributed by atoms with Crippen molar-refractivity contribution in [2.24, 2.45) is 7.05 Å². The van der Waals surface area contributed by atoms with E-state index in [1.807, 2.05) is 4.90 Å². The van der Waals surface area contributed by atoms with Crippen LogP contribution in [0.3, 0.4) is 0 Å². The molecule has 1 aliphatic rings. The molecule has 14 heteroatoms. The van der Waals surface area contributed by atoms with Crippen molar-refractivity contribution in [2.45, 2.75) is 45.3 Å². The molecule has 2 aromatic heterocycles. The first-order valence-corrected chi connectivity index (χ1v) is 14.3. The van der Waals surface area contributed by atoms with Crippen LogP contribution in [0.5, 0.6) is 5.75 Å². The summed E-state index contributed by atoms with van der Waals surface area (Å²) in [5.74, 6) is -2.38. The summed E-state index contributed by atoms with van der Waals surface area (Å²) in [7, 11) is 3.06. The van der Waals surface area contributed by atoms with Crippen LogP contribution < -0.4 is 20.3 Å². The lowest BCUT2D eigenvalue weighted by Gasteiger charge is -2.36. The Kier molecular flexibility index (Phi) is 8.57. The predicted molar refractivity (Wildman–Crippen MR) is 164 cm³/mol. The van der Waals surface area contributed by atoms with Gasteiger partial charge in [-0.2, -0.15) is 5.10 Å². The monoisotopic (exact) mass is 619 g/mol. The molecule has 2 aromatic carbocycles. The molecule has 3 heterocycles. The van der Waals surface area contributed by atoms with Gasteiger partial charge in [0.15, 0.2) is 5.82 Å². The number of piperidine rings is 1. The molecule has 0 aliphatic carbocycles. The van der Waals surface area contributed by atoms with Gasteiger partial charge in [-0.25, -0.2) is 23.9 Å². The third kappa shape index (κ3) is 6.79. The Morgan fingerprint density at radius 1 is 1.18 bits per heavy atom. The Hall–Kier alpha value is -5.27. The van der Waals surface area contributed by atoms with Gasteiger partial charge < -0.3 is 30.1 Å². The molecule has 1 aliphatic heterocycles. The molecule has 13 nitrogen and oxygen atoms in total. The summed E-state index contributed by atoms with van der Waals surface area (Å²) in [6.07, 6.45) is 3.88. The zero-order valence-corrected chi connectivity index (χ0v) is 25.5. The molecule has 3 N–H and O–H groups in total. The second-order valence-corrected chi connectivity index (χ2v) is 11.7. The van der Waals surface area contributed by atoms with Gasteiger partial charge in [0, 0.05) is 44.0 Å². The van der Waals surface area contributed by atoms with E-state index in [2.05, 4.69) is 25.7 Å². The molecule has 5 rings (SSSR count). The highest BCUT2D eigenvalue weighted by atomic mass is 19.1. The number of carboxylic acids is 1. The Morgan fingerprint density at radius 2 is 1.96 bits per heavy atom. The number of hydrogen-bond donors (Lipinski definition) is 3. The van der Waals surface area contributed by atoms with Crippen LogP contribution in [0.4, 0.5) is 20.6 Å². The number of fused-ring (bicyclic) bond motifs is 1. The number of ether oxygens (including phenoxy) is 2. The van der Waals surface area contributed by atoms with Crippen molar-refractivity contribution in [1.82, 2.24) is 25.1 Å². The topological polar surface area (TPSA) is 161 Å². The number of anilines is 2. The molecule has 1 atom stereocenters. The van der Waals surface area contributed by atoms with E-state index in [0.717, 1.165) is 0 Å². The van der Waals surface area contributed by atoms with Crippen LogP contribution in [-0.2, 0) is 11.8 Å². The Balaban J connectivity index is 1.53. The van der Waals surface area contributed by atoms with E-state index >= 15 is 0 Å². The maximum absolute atomic E-state index is 14.8. The van der Waals surface area contributed by atoms with Gasteiger partial charge in [0.05, 0.1) is 29.6 Å². The summed E-state index contributed by atoms with van der Waals surface area (Å²) >= 11 is 0. The van der Waals surface area contributed by atoms with Crippen LogP contribution in [0, 0.1) is 5.82 Å². The zero-order chi connectivity index (χ0) is 32.5. The third-order valence-corrected chi connectivity index (χ3v) is 7.13. The number of benzene rings is 2. The largest absolute Gasteiger partial charge is 0.496 e. The van der Waals surface area contributed by atoms with Gasteiger partial charge in [-0.05, 0) is 57.9 Å². The third-order valence-electron chi connectivity index (χ3n) is 7.13. The first-order valence-electron chi connectivity index (χ1n) is 14.3. The number of aromatic nitrogens is 4. The molecule has 1 unspecified atom stereocenters. The van der Waals surface area contributed by atoms with E-state index in [-0.39, 0.29) is 45.6 Å². The minimum atomic E-state index is -1.22. The smallest absolute Gasteiger partial charge is 0.407 e. The van der Waals surface area contributed by atoms with Crippen molar-refractivity contribution < 1.29 is 33.4 Å². The summed E-state index contributed by atoms with van der Waals surface area (Å²) < 4.78 is 27.0. The summed E-state index contributed by atoms with van der Waals surface area (Å²) in [5, 5.41) is 20.7. The number of amides is 2. The first-order chi connectivity index (χ1) is 21.3. The molecule has 236 valence electrons. The lowest BCUT2D eigenvalue weighted by molar-refractivity contribution is 0.0499. The van der Waals surface area contributed by atoms with E-state index in [4.69, 9.17) is 9.47 Å². The van der Waals surface area contributed by atoms with E-state index in [1.54, 1.807) is 40.1 Å². The summed E-state index contributed by atoms with van der Waals surface area (Å²) in [6.45, 7) is 6.28. The van der Waals surface area contributed by atoms with Gasteiger partial charge in [0.25, 0.3) is 5.91 Å². The molecule has 0 saturated carbocycles. The number of carbonyl (C=O) groups excluding carboxylic acids is 2. The van der Waals surface area contributed by atoms with Crippen molar-refractivity contribution in [3.8, 4) is 17.1 Å². The number of aryl methyl sites for hydroxylation is 1. The average molecular weight is 620 g/mol. The fourth-order valence-corrected chi connectivity index (χ4v) is 5.34. The number of nitrogens with one attached hydrogen (secondary N) is 2. The maximum Gasteiger partial charge on any atom is 0.407 e. The van der Waals surface area contributed by atoms with Crippen molar-refractivity contribution in [1.29, 1.82) is 0 Å². The maximum atomic E-state index is 14.8. The number of methoxy groups -OCH3 is 1. The zero-order valence-electron chi connectivity index (χ0n) is 25.5. The highest BCUT2D eigenvalue weighted by Crippen LogP contribution is 2.39. The number of hydrogen-bond acceptors (Lipinski definition) is 9. The van der Waals surface area contributed by atoms with Crippen molar-refractivity contribution in [3.05, 3.63) is 59.8 Å². The summed E-state index contributed by atoms with van der Waals surface area (Å²) in [5.41, 5.74) is 0.139. The molecule has 0 spiro atoms. The standard InChI is InChI=1S/C31H34FN7O6/c1-31(2,3)45-30(43)34-17-8-7-13-39(15-17)26-19-16-38(4)37-25(19)18(29(41)42)14-22(26)36-28(40)21-11-12-33-27(35-21)24-20(32)9-6-10-23(24)44-5/h6,9-12,14,16-17H,7-8,13,15H2,1-5H3,(H,34,43)(H,36,40)(H,41,42).